The molecule has 0 radical (unpaired) electrons. The van der Waals surface area contributed by atoms with Gasteiger partial charge in [0.2, 0.25) is 5.79 Å². The number of amides is 1. The summed E-state index contributed by atoms with van der Waals surface area (Å²) in [5.74, 6) is 0.0912. The minimum Gasteiger partial charge on any atom is -0.496 e. The van der Waals surface area contributed by atoms with E-state index in [0.717, 1.165) is 43.1 Å². The molecule has 1 heterocycles. The normalized spacial score (nSPS) is 25.0. The van der Waals surface area contributed by atoms with Crippen LogP contribution < -0.4 is 14.2 Å². The summed E-state index contributed by atoms with van der Waals surface area (Å²) in [6.07, 6.45) is 8.95. The van der Waals surface area contributed by atoms with Gasteiger partial charge in [0, 0.05) is 38.2 Å². The maximum absolute atomic E-state index is 13.4. The summed E-state index contributed by atoms with van der Waals surface area (Å²) in [5.41, 5.74) is 2.31. The highest BCUT2D eigenvalue weighted by Crippen LogP contribution is 2.62. The quantitative estimate of drug-likeness (QED) is 0.0725. The van der Waals surface area contributed by atoms with Crippen LogP contribution >= 0.6 is 0 Å². The minimum atomic E-state index is -1.39. The van der Waals surface area contributed by atoms with Gasteiger partial charge in [-0.2, -0.15) is 0 Å². The van der Waals surface area contributed by atoms with Crippen molar-refractivity contribution in [1.82, 2.24) is 4.90 Å². The predicted octanol–water partition coefficient (Wildman–Crippen LogP) is 7.43. The Morgan fingerprint density at radius 2 is 1.76 bits per heavy atom. The Hall–Kier alpha value is -4.39. The fraction of sp³-hybridized carbons (Fsp3) is 0.548. The van der Waals surface area contributed by atoms with Crippen molar-refractivity contribution in [1.29, 1.82) is 0 Å². The molecular weight excluding hydrogens is 692 g/mol. The van der Waals surface area contributed by atoms with E-state index >= 15 is 0 Å². The molecule has 3 aliphatic rings. The average molecular weight is 749 g/mol. The number of rotatable bonds is 17. The van der Waals surface area contributed by atoms with Gasteiger partial charge < -0.3 is 43.6 Å². The molecule has 0 aromatic heterocycles. The molecule has 1 fully saturated rings. The number of benzene rings is 2. The first-order valence-electron chi connectivity index (χ1n) is 18.8. The Balaban J connectivity index is 1.76. The van der Waals surface area contributed by atoms with Crippen LogP contribution in [0.3, 0.4) is 0 Å². The zero-order valence-electron chi connectivity index (χ0n) is 32.4. The Bertz CT molecular complexity index is 1700. The third-order valence-corrected chi connectivity index (χ3v) is 10.6. The maximum Gasteiger partial charge on any atom is 0.409 e. The van der Waals surface area contributed by atoms with Gasteiger partial charge >= 0.3 is 6.09 Å². The molecule has 2 aromatic carbocycles. The highest BCUT2D eigenvalue weighted by molar-refractivity contribution is 6.03. The van der Waals surface area contributed by atoms with Gasteiger partial charge in [-0.3, -0.25) is 4.79 Å². The summed E-state index contributed by atoms with van der Waals surface area (Å²) >= 11 is 0. The van der Waals surface area contributed by atoms with Crippen LogP contribution in [0.1, 0.15) is 87.6 Å². The summed E-state index contributed by atoms with van der Waals surface area (Å²) in [6.45, 7) is 10.1. The fourth-order valence-corrected chi connectivity index (χ4v) is 8.26. The van der Waals surface area contributed by atoms with Crippen LogP contribution in [0.2, 0.25) is 0 Å². The van der Waals surface area contributed by atoms with Crippen molar-refractivity contribution in [2.45, 2.75) is 89.1 Å². The van der Waals surface area contributed by atoms with Crippen LogP contribution in [0.4, 0.5) is 4.79 Å². The van der Waals surface area contributed by atoms with E-state index in [9.17, 15) is 19.8 Å². The SMILES string of the molecule is C=CCOC12Oc3ccc(Oc4ccc(OC)c(C=O)c4)cc3C3C(CCCCO)C(CCCCO)C=C(C(=NOC(C)(C)C)CC1N(C)C(=O)OC)C32. The van der Waals surface area contributed by atoms with Gasteiger partial charge in [0.05, 0.1) is 38.0 Å². The molecule has 54 heavy (non-hydrogen) atoms. The second kappa shape index (κ2) is 17.8. The van der Waals surface area contributed by atoms with E-state index in [1.807, 2.05) is 39.0 Å². The first-order valence-corrected chi connectivity index (χ1v) is 18.8. The second-order valence-corrected chi connectivity index (χ2v) is 15.2. The van der Waals surface area contributed by atoms with Crippen molar-refractivity contribution in [3.63, 3.8) is 0 Å². The largest absolute Gasteiger partial charge is 0.496 e. The summed E-state index contributed by atoms with van der Waals surface area (Å²) < 4.78 is 30.9. The lowest BCUT2D eigenvalue weighted by Crippen LogP contribution is -2.69. The number of hydrogen-bond donors (Lipinski definition) is 2. The van der Waals surface area contributed by atoms with Gasteiger partial charge in [0.25, 0.3) is 0 Å². The van der Waals surface area contributed by atoms with E-state index < -0.39 is 29.4 Å². The van der Waals surface area contributed by atoms with Crippen molar-refractivity contribution in [2.75, 3.05) is 41.1 Å². The molecule has 2 N–H and O–H groups in total. The third-order valence-electron chi connectivity index (χ3n) is 10.6. The van der Waals surface area contributed by atoms with Crippen molar-refractivity contribution >= 4 is 18.1 Å². The van der Waals surface area contributed by atoms with E-state index in [-0.39, 0.29) is 44.0 Å². The van der Waals surface area contributed by atoms with Crippen LogP contribution in [0.15, 0.2) is 65.9 Å². The first-order chi connectivity index (χ1) is 25.9. The average Bonchev–Trinajstić information content (AvgIpc) is 3.16. The van der Waals surface area contributed by atoms with Crippen molar-refractivity contribution < 1.29 is 48.3 Å². The highest BCUT2D eigenvalue weighted by Gasteiger charge is 2.65. The maximum atomic E-state index is 13.4. The number of unbranched alkanes of at least 4 members (excludes halogenated alkanes) is 2. The van der Waals surface area contributed by atoms with E-state index in [0.29, 0.717) is 47.1 Å². The summed E-state index contributed by atoms with van der Waals surface area (Å²) in [7, 11) is 4.54. The number of nitrogens with zero attached hydrogens (tertiary/aromatic N) is 2. The summed E-state index contributed by atoms with van der Waals surface area (Å²) in [4.78, 5) is 32.8. The number of fused-ring (bicyclic) bond motifs is 2. The van der Waals surface area contributed by atoms with Crippen LogP contribution in [0.25, 0.3) is 0 Å². The van der Waals surface area contributed by atoms with Gasteiger partial charge in [0.1, 0.15) is 34.6 Å². The Morgan fingerprint density at radius 1 is 1.06 bits per heavy atom. The molecule has 0 bridgehead atoms. The molecule has 1 saturated carbocycles. The van der Waals surface area contributed by atoms with E-state index in [2.05, 4.69) is 12.7 Å². The number of allylic oxidation sites excluding steroid dienone is 1. The van der Waals surface area contributed by atoms with Crippen LogP contribution in [0.5, 0.6) is 23.0 Å². The smallest absolute Gasteiger partial charge is 0.409 e. The molecule has 6 atom stereocenters. The van der Waals surface area contributed by atoms with Gasteiger partial charge in [-0.1, -0.05) is 30.1 Å². The molecule has 6 unspecified atom stereocenters. The van der Waals surface area contributed by atoms with Crippen molar-refractivity contribution in [2.24, 2.45) is 22.9 Å². The fourth-order valence-electron chi connectivity index (χ4n) is 8.26. The van der Waals surface area contributed by atoms with E-state index in [4.69, 9.17) is 33.7 Å². The number of ether oxygens (including phenoxy) is 5. The Labute approximate surface area is 318 Å². The van der Waals surface area contributed by atoms with E-state index in [1.165, 1.54) is 19.1 Å². The lowest BCUT2D eigenvalue weighted by atomic mass is 9.55. The number of oxime groups is 1. The van der Waals surface area contributed by atoms with E-state index in [1.54, 1.807) is 31.3 Å². The van der Waals surface area contributed by atoms with Crippen molar-refractivity contribution in [3.05, 3.63) is 71.8 Å². The molecule has 5 rings (SSSR count). The molecule has 0 saturated heterocycles. The van der Waals surface area contributed by atoms with Crippen LogP contribution in [-0.2, 0) is 14.3 Å². The first kappa shape index (κ1) is 40.8. The van der Waals surface area contributed by atoms with Crippen LogP contribution in [0, 0.1) is 17.8 Å². The number of methoxy groups -OCH3 is 2. The molecule has 1 aliphatic heterocycles. The Kier molecular flexibility index (Phi) is 13.5. The lowest BCUT2D eigenvalue weighted by molar-refractivity contribution is -0.253. The van der Waals surface area contributed by atoms with Crippen LogP contribution in [-0.4, -0.2) is 91.7 Å². The summed E-state index contributed by atoms with van der Waals surface area (Å²) in [6, 6.07) is 10.1. The molecule has 0 spiro atoms. The standard InChI is InChI=1S/C42H56N2O10/c1-8-21-51-42-37(44(5)40(48)50-7)25-34(43-54-41(2,3)4)32-23-27(13-9-11-19-45)31(14-10-12-20-46)38(39(32)42)33-24-30(16-18-36(33)53-42)52-29-15-17-35(49-6)28(22-29)26-47/h8,15-18,22-24,26-27,31,37-39,45-46H,1,9-14,19-21,25H2,2-7H3. The summed E-state index contributed by atoms with van der Waals surface area (Å²) in [5, 5.41) is 24.4. The zero-order chi connectivity index (χ0) is 39.0. The zero-order valence-corrected chi connectivity index (χ0v) is 32.4. The van der Waals surface area contributed by atoms with Gasteiger partial charge in [0.15, 0.2) is 6.29 Å². The number of carbonyl (C=O) groups excluding carboxylic acids is 2. The van der Waals surface area contributed by atoms with Crippen molar-refractivity contribution in [3.8, 4) is 23.0 Å². The lowest BCUT2D eigenvalue weighted by Gasteiger charge is -2.59. The van der Waals surface area contributed by atoms with Gasteiger partial charge in [-0.15, -0.1) is 6.58 Å². The number of aliphatic hydroxyl groups is 2. The minimum absolute atomic E-state index is 0.0446. The molecule has 12 heteroatoms. The number of aliphatic hydroxyl groups excluding tert-OH is 2. The number of carbonyl (C=O) groups is 2. The van der Waals surface area contributed by atoms with Gasteiger partial charge in [-0.25, -0.2) is 4.79 Å². The molecule has 1 amide bonds. The Morgan fingerprint density at radius 3 is 2.41 bits per heavy atom. The monoisotopic (exact) mass is 748 g/mol. The molecule has 2 aliphatic carbocycles. The third kappa shape index (κ3) is 8.61. The predicted molar refractivity (Wildman–Crippen MR) is 204 cm³/mol. The topological polar surface area (TPSA) is 146 Å². The molecule has 294 valence electrons. The second-order valence-electron chi connectivity index (χ2n) is 15.2. The number of hydrogen-bond acceptors (Lipinski definition) is 11. The molecular formula is C42H56N2O10. The molecule has 2 aromatic rings. The molecule has 12 nitrogen and oxygen atoms in total. The highest BCUT2D eigenvalue weighted by atomic mass is 16.7. The van der Waals surface area contributed by atoms with Gasteiger partial charge in [-0.05, 0) is 100 Å². The number of aldehydes is 1. The number of likely N-dealkylation sites (N-methyl/N-ethyl adjacent to an activating group) is 1.